The topological polar surface area (TPSA) is 101 Å². The molecule has 0 spiro atoms. The van der Waals surface area contributed by atoms with Gasteiger partial charge in [-0.1, -0.05) is 6.07 Å². The molecule has 0 aromatic carbocycles. The molecule has 0 radical (unpaired) electrons. The first kappa shape index (κ1) is 21.4. The van der Waals surface area contributed by atoms with E-state index >= 15 is 0 Å². The summed E-state index contributed by atoms with van der Waals surface area (Å²) in [6, 6.07) is 4.12. The van der Waals surface area contributed by atoms with Crippen molar-refractivity contribution in [3.8, 4) is 0 Å². The van der Waals surface area contributed by atoms with Gasteiger partial charge in [-0.3, -0.25) is 0 Å². The Morgan fingerprint density at radius 2 is 2.19 bits per heavy atom. The second kappa shape index (κ2) is 9.84. The number of thiophene rings is 1. The lowest BCUT2D eigenvalue weighted by Crippen LogP contribution is -2.43. The molecule has 0 saturated carbocycles. The van der Waals surface area contributed by atoms with Crippen molar-refractivity contribution >= 4 is 27.1 Å². The largest absolute Gasteiger partial charge is 0.356 e. The Hall–Kier alpha value is -1.94. The van der Waals surface area contributed by atoms with E-state index in [1.165, 1.54) is 11.1 Å². The van der Waals surface area contributed by atoms with Gasteiger partial charge in [0.15, 0.2) is 11.8 Å². The van der Waals surface area contributed by atoms with E-state index in [4.69, 9.17) is 0 Å². The van der Waals surface area contributed by atoms with Crippen LogP contribution in [0.5, 0.6) is 0 Å². The van der Waals surface area contributed by atoms with E-state index in [1.54, 1.807) is 11.3 Å². The molecule has 2 aromatic rings. The molecule has 0 aliphatic heterocycles. The van der Waals surface area contributed by atoms with Crippen LogP contribution in [0.2, 0.25) is 0 Å². The van der Waals surface area contributed by atoms with Crippen LogP contribution in [0, 0.1) is 6.92 Å². The first-order valence-electron chi connectivity index (χ1n) is 8.84. The zero-order chi connectivity index (χ0) is 19.9. The van der Waals surface area contributed by atoms with Gasteiger partial charge in [0.1, 0.15) is 22.2 Å². The summed E-state index contributed by atoms with van der Waals surface area (Å²) < 4.78 is 24.7. The lowest BCUT2D eigenvalue weighted by Gasteiger charge is -2.18. The first-order chi connectivity index (χ1) is 12.7. The minimum Gasteiger partial charge on any atom is -0.356 e. The van der Waals surface area contributed by atoms with E-state index in [2.05, 4.69) is 37.3 Å². The van der Waals surface area contributed by atoms with E-state index in [0.29, 0.717) is 18.9 Å². The van der Waals surface area contributed by atoms with Crippen molar-refractivity contribution in [2.45, 2.75) is 39.3 Å². The molecule has 2 rings (SSSR count). The van der Waals surface area contributed by atoms with E-state index < -0.39 is 9.84 Å². The van der Waals surface area contributed by atoms with Gasteiger partial charge in [0, 0.05) is 30.8 Å². The summed E-state index contributed by atoms with van der Waals surface area (Å²) in [4.78, 5) is 5.90. The Morgan fingerprint density at radius 1 is 1.41 bits per heavy atom. The maximum atomic E-state index is 11.4. The molecular formula is C17H28N6O2S2. The summed E-state index contributed by atoms with van der Waals surface area (Å²) in [5.41, 5.74) is 0. The number of sulfone groups is 1. The molecular weight excluding hydrogens is 384 g/mol. The Kier molecular flexibility index (Phi) is 7.78. The molecule has 2 aromatic heterocycles. The van der Waals surface area contributed by atoms with Gasteiger partial charge >= 0.3 is 0 Å². The third kappa shape index (κ3) is 7.67. The quantitative estimate of drug-likeness (QED) is 0.475. The highest BCUT2D eigenvalue weighted by Crippen LogP contribution is 2.08. The summed E-state index contributed by atoms with van der Waals surface area (Å²) >= 11 is 1.73. The van der Waals surface area contributed by atoms with Crippen molar-refractivity contribution in [1.29, 1.82) is 0 Å². The second-order valence-corrected chi connectivity index (χ2v) is 9.90. The predicted molar refractivity (Wildman–Crippen MR) is 110 cm³/mol. The standard InChI is InChI=1S/C17H28N6O2S2/c1-13(8-11-27(4,24)25)20-17(18-9-7-15-6-5-10-26-15)19-12-16-22-21-14(2)23(16)3/h5-6,10,13H,7-9,11-12H2,1-4H3,(H2,18,19,20). The molecule has 2 heterocycles. The smallest absolute Gasteiger partial charge is 0.191 e. The van der Waals surface area contributed by atoms with Crippen molar-refractivity contribution in [2.24, 2.45) is 12.0 Å². The predicted octanol–water partition coefficient (Wildman–Crippen LogP) is 1.29. The maximum Gasteiger partial charge on any atom is 0.191 e. The zero-order valence-corrected chi connectivity index (χ0v) is 17.9. The van der Waals surface area contributed by atoms with Crippen LogP contribution in [-0.4, -0.2) is 53.7 Å². The SMILES string of the molecule is Cc1nnc(CN=C(NCCc2cccs2)NC(C)CCS(C)(=O)=O)n1C. The second-order valence-electron chi connectivity index (χ2n) is 6.61. The fourth-order valence-corrected chi connectivity index (χ4v) is 3.84. The van der Waals surface area contributed by atoms with Crippen LogP contribution in [0.25, 0.3) is 0 Å². The van der Waals surface area contributed by atoms with Gasteiger partial charge in [-0.2, -0.15) is 0 Å². The number of aryl methyl sites for hydroxylation is 1. The molecule has 2 N–H and O–H groups in total. The summed E-state index contributed by atoms with van der Waals surface area (Å²) in [7, 11) is -1.07. The number of guanidine groups is 1. The van der Waals surface area contributed by atoms with E-state index in [-0.39, 0.29) is 11.8 Å². The summed E-state index contributed by atoms with van der Waals surface area (Å²) in [6.45, 7) is 4.98. The minimum atomic E-state index is -2.98. The number of nitrogens with one attached hydrogen (secondary N) is 2. The van der Waals surface area contributed by atoms with E-state index in [0.717, 1.165) is 24.6 Å². The van der Waals surface area contributed by atoms with Gasteiger partial charge in [0.25, 0.3) is 0 Å². The Balaban J connectivity index is 1.97. The van der Waals surface area contributed by atoms with Crippen LogP contribution in [0.15, 0.2) is 22.5 Å². The van der Waals surface area contributed by atoms with Gasteiger partial charge in [-0.25, -0.2) is 13.4 Å². The van der Waals surface area contributed by atoms with Crippen LogP contribution in [0.1, 0.15) is 29.9 Å². The molecule has 0 aliphatic rings. The van der Waals surface area contributed by atoms with Gasteiger partial charge in [0.05, 0.1) is 5.75 Å². The third-order valence-corrected chi connectivity index (χ3v) is 6.02. The molecule has 0 aliphatic carbocycles. The molecule has 0 amide bonds. The molecule has 0 saturated heterocycles. The highest BCUT2D eigenvalue weighted by atomic mass is 32.2. The summed E-state index contributed by atoms with van der Waals surface area (Å²) in [6.07, 6.45) is 2.68. The highest BCUT2D eigenvalue weighted by Gasteiger charge is 2.11. The van der Waals surface area contributed by atoms with Crippen molar-refractivity contribution in [2.75, 3.05) is 18.6 Å². The molecule has 8 nitrogen and oxygen atoms in total. The van der Waals surface area contributed by atoms with Crippen LogP contribution in [0.4, 0.5) is 0 Å². The summed E-state index contributed by atoms with van der Waals surface area (Å²) in [5.74, 6) is 2.40. The lowest BCUT2D eigenvalue weighted by atomic mass is 10.2. The average Bonchev–Trinajstić information content (AvgIpc) is 3.22. The normalized spacial score (nSPS) is 13.6. The average molecular weight is 413 g/mol. The zero-order valence-electron chi connectivity index (χ0n) is 16.3. The van der Waals surface area contributed by atoms with Gasteiger partial charge in [-0.15, -0.1) is 21.5 Å². The number of aliphatic imine (C=N–C) groups is 1. The first-order valence-corrected chi connectivity index (χ1v) is 11.8. The monoisotopic (exact) mass is 412 g/mol. The van der Waals surface area contributed by atoms with Crippen molar-refractivity contribution < 1.29 is 8.42 Å². The number of rotatable bonds is 9. The molecule has 0 bridgehead atoms. The van der Waals surface area contributed by atoms with E-state index in [1.807, 2.05) is 31.5 Å². The van der Waals surface area contributed by atoms with Crippen LogP contribution < -0.4 is 10.6 Å². The minimum absolute atomic E-state index is 0.0195. The molecule has 27 heavy (non-hydrogen) atoms. The van der Waals surface area contributed by atoms with Crippen molar-refractivity contribution in [1.82, 2.24) is 25.4 Å². The van der Waals surface area contributed by atoms with E-state index in [9.17, 15) is 8.42 Å². The number of nitrogens with zero attached hydrogens (tertiary/aromatic N) is 4. The highest BCUT2D eigenvalue weighted by molar-refractivity contribution is 7.90. The Labute approximate surface area is 165 Å². The van der Waals surface area contributed by atoms with Gasteiger partial charge < -0.3 is 15.2 Å². The molecule has 0 fully saturated rings. The number of hydrogen-bond donors (Lipinski definition) is 2. The fourth-order valence-electron chi connectivity index (χ4n) is 2.35. The molecule has 10 heteroatoms. The Bertz CT molecular complexity index is 843. The summed E-state index contributed by atoms with van der Waals surface area (Å²) in [5, 5.41) is 16.8. The van der Waals surface area contributed by atoms with Gasteiger partial charge in [0.2, 0.25) is 0 Å². The fraction of sp³-hybridized carbons (Fsp3) is 0.588. The molecule has 1 atom stereocenters. The molecule has 1 unspecified atom stereocenters. The van der Waals surface area contributed by atoms with Crippen LogP contribution >= 0.6 is 11.3 Å². The van der Waals surface area contributed by atoms with Gasteiger partial charge in [-0.05, 0) is 38.1 Å². The number of aromatic nitrogens is 3. The molecule has 150 valence electrons. The lowest BCUT2D eigenvalue weighted by molar-refractivity contribution is 0.580. The Morgan fingerprint density at radius 3 is 2.78 bits per heavy atom. The number of hydrogen-bond acceptors (Lipinski definition) is 6. The van der Waals surface area contributed by atoms with Crippen molar-refractivity contribution in [3.05, 3.63) is 34.0 Å². The van der Waals surface area contributed by atoms with Crippen LogP contribution in [-0.2, 0) is 29.9 Å². The third-order valence-electron chi connectivity index (χ3n) is 4.11. The van der Waals surface area contributed by atoms with Crippen molar-refractivity contribution in [3.63, 3.8) is 0 Å². The maximum absolute atomic E-state index is 11.4. The van der Waals surface area contributed by atoms with Crippen LogP contribution in [0.3, 0.4) is 0 Å².